The van der Waals surface area contributed by atoms with Crippen molar-refractivity contribution in [3.63, 3.8) is 0 Å². The largest absolute Gasteiger partial charge is 0.476 e. The quantitative estimate of drug-likeness (QED) is 0.785. The molecular weight excluding hydrogens is 220 g/mol. The van der Waals surface area contributed by atoms with E-state index in [1.165, 1.54) is 0 Å². The second kappa shape index (κ2) is 4.61. The number of aromatic carboxylic acids is 1. The summed E-state index contributed by atoms with van der Waals surface area (Å²) in [7, 11) is 0. The van der Waals surface area contributed by atoms with Gasteiger partial charge >= 0.3 is 5.97 Å². The van der Waals surface area contributed by atoms with Crippen molar-refractivity contribution in [1.29, 1.82) is 0 Å². The summed E-state index contributed by atoms with van der Waals surface area (Å²) >= 11 is 0. The van der Waals surface area contributed by atoms with Gasteiger partial charge in [-0.1, -0.05) is 18.2 Å². The fourth-order valence-corrected chi connectivity index (χ4v) is 1.56. The van der Waals surface area contributed by atoms with Crippen LogP contribution in [0.5, 0.6) is 0 Å². The Hall–Kier alpha value is -2.43. The fourth-order valence-electron chi connectivity index (χ4n) is 1.56. The number of H-pyrrole nitrogens is 1. The molecule has 1 heterocycles. The van der Waals surface area contributed by atoms with Crippen molar-refractivity contribution >= 4 is 29.2 Å². The monoisotopic (exact) mass is 230 g/mol. The number of carboxylic acid groups (broad SMARTS) is 1. The first kappa shape index (κ1) is 11.1. The van der Waals surface area contributed by atoms with Crippen LogP contribution < -0.4 is 0 Å². The highest BCUT2D eigenvalue weighted by atomic mass is 16.4. The highest BCUT2D eigenvalue weighted by molar-refractivity contribution is 6.01. The fraction of sp³-hybridized carbons (Fsp3) is 0.0833. The molecule has 0 radical (unpaired) electrons. The lowest BCUT2D eigenvalue weighted by Gasteiger charge is -1.94. The summed E-state index contributed by atoms with van der Waals surface area (Å²) in [4.78, 5) is 21.1. The Bertz CT molecular complexity index is 599. The van der Waals surface area contributed by atoms with Crippen LogP contribution in [-0.4, -0.2) is 27.6 Å². The van der Waals surface area contributed by atoms with Gasteiger partial charge in [0.2, 0.25) is 0 Å². The summed E-state index contributed by atoms with van der Waals surface area (Å²) in [5.41, 5.74) is 1.52. The van der Waals surface area contributed by atoms with Crippen molar-refractivity contribution in [3.8, 4) is 0 Å². The number of aldehydes is 1. The molecule has 0 spiro atoms. The first-order valence-electron chi connectivity index (χ1n) is 5.04. The second-order valence-corrected chi connectivity index (χ2v) is 3.49. The number of aromatic nitrogens is 2. The molecule has 2 aromatic rings. The van der Waals surface area contributed by atoms with Crippen LogP contribution in [0.15, 0.2) is 24.3 Å². The van der Waals surface area contributed by atoms with Gasteiger partial charge in [0, 0.05) is 11.8 Å². The molecule has 0 aliphatic carbocycles. The number of aromatic amines is 1. The van der Waals surface area contributed by atoms with E-state index >= 15 is 0 Å². The Morgan fingerprint density at radius 2 is 2.29 bits per heavy atom. The highest BCUT2D eigenvalue weighted by Gasteiger charge is 2.12. The molecule has 0 saturated heterocycles. The first-order chi connectivity index (χ1) is 8.22. The van der Waals surface area contributed by atoms with E-state index < -0.39 is 5.97 Å². The van der Waals surface area contributed by atoms with Crippen LogP contribution in [0.4, 0.5) is 0 Å². The maximum Gasteiger partial charge on any atom is 0.357 e. The molecule has 0 aliphatic rings. The van der Waals surface area contributed by atoms with Gasteiger partial charge in [-0.15, -0.1) is 0 Å². The lowest BCUT2D eigenvalue weighted by molar-refractivity contribution is -0.107. The van der Waals surface area contributed by atoms with Gasteiger partial charge in [0.1, 0.15) is 6.29 Å². The van der Waals surface area contributed by atoms with Gasteiger partial charge in [-0.2, -0.15) is 5.10 Å². The van der Waals surface area contributed by atoms with Gasteiger partial charge in [-0.3, -0.25) is 5.10 Å². The van der Waals surface area contributed by atoms with Crippen LogP contribution in [0.3, 0.4) is 0 Å². The number of carbonyl (C=O) groups is 2. The molecule has 0 amide bonds. The number of allylic oxidation sites excluding steroid dienone is 1. The lowest BCUT2D eigenvalue weighted by Crippen LogP contribution is -1.96. The van der Waals surface area contributed by atoms with Crippen molar-refractivity contribution < 1.29 is 14.7 Å². The van der Waals surface area contributed by atoms with E-state index in [9.17, 15) is 9.59 Å². The highest BCUT2D eigenvalue weighted by Crippen LogP contribution is 2.18. The average molecular weight is 230 g/mol. The molecule has 0 fully saturated rings. The number of benzene rings is 1. The lowest BCUT2D eigenvalue weighted by atomic mass is 10.1. The first-order valence-corrected chi connectivity index (χ1v) is 5.04. The van der Waals surface area contributed by atoms with E-state index in [1.807, 2.05) is 6.07 Å². The van der Waals surface area contributed by atoms with Crippen molar-refractivity contribution in [2.45, 2.75) is 6.42 Å². The van der Waals surface area contributed by atoms with Crippen LogP contribution in [0.25, 0.3) is 17.0 Å². The maximum atomic E-state index is 10.9. The van der Waals surface area contributed by atoms with Crippen LogP contribution in [-0.2, 0) is 4.79 Å². The molecule has 0 aliphatic heterocycles. The summed E-state index contributed by atoms with van der Waals surface area (Å²) in [5, 5.41) is 15.9. The standard InChI is InChI=1S/C12H10N2O3/c15-6-2-1-3-8-4-5-10-9(7-8)11(12(16)17)14-13-10/h1,3-7H,2H2,(H,13,14)(H,16,17). The molecule has 86 valence electrons. The third kappa shape index (κ3) is 2.23. The molecule has 2 rings (SSSR count). The predicted molar refractivity (Wildman–Crippen MR) is 62.8 cm³/mol. The zero-order valence-corrected chi connectivity index (χ0v) is 8.88. The Kier molecular flexibility index (Phi) is 3.00. The molecule has 0 bridgehead atoms. The average Bonchev–Trinajstić information content (AvgIpc) is 2.72. The Morgan fingerprint density at radius 1 is 1.47 bits per heavy atom. The van der Waals surface area contributed by atoms with E-state index in [0.29, 0.717) is 17.3 Å². The third-order valence-corrected chi connectivity index (χ3v) is 2.33. The zero-order valence-electron chi connectivity index (χ0n) is 8.88. The Balaban J connectivity index is 2.44. The summed E-state index contributed by atoms with van der Waals surface area (Å²) in [5.74, 6) is -1.06. The van der Waals surface area contributed by atoms with Gasteiger partial charge in [-0.05, 0) is 17.7 Å². The van der Waals surface area contributed by atoms with E-state index in [4.69, 9.17) is 5.11 Å². The summed E-state index contributed by atoms with van der Waals surface area (Å²) in [6.45, 7) is 0. The number of rotatable bonds is 4. The summed E-state index contributed by atoms with van der Waals surface area (Å²) in [6, 6.07) is 5.31. The smallest absolute Gasteiger partial charge is 0.357 e. The van der Waals surface area contributed by atoms with Gasteiger partial charge < -0.3 is 9.90 Å². The van der Waals surface area contributed by atoms with E-state index in [1.54, 1.807) is 24.3 Å². The van der Waals surface area contributed by atoms with E-state index in [-0.39, 0.29) is 5.69 Å². The van der Waals surface area contributed by atoms with Crippen molar-refractivity contribution in [3.05, 3.63) is 35.5 Å². The Labute approximate surface area is 96.8 Å². The maximum absolute atomic E-state index is 10.9. The molecule has 0 unspecified atom stereocenters. The van der Waals surface area contributed by atoms with Crippen LogP contribution in [0.2, 0.25) is 0 Å². The molecule has 17 heavy (non-hydrogen) atoms. The number of nitrogens with zero attached hydrogens (tertiary/aromatic N) is 1. The van der Waals surface area contributed by atoms with E-state index in [0.717, 1.165) is 11.8 Å². The molecular formula is C12H10N2O3. The molecule has 0 atom stereocenters. The number of hydrogen-bond acceptors (Lipinski definition) is 3. The molecule has 1 aromatic carbocycles. The van der Waals surface area contributed by atoms with Gasteiger partial charge in [-0.25, -0.2) is 4.79 Å². The summed E-state index contributed by atoms with van der Waals surface area (Å²) in [6.07, 6.45) is 4.63. The number of nitrogens with one attached hydrogen (secondary N) is 1. The minimum absolute atomic E-state index is 0.00522. The SMILES string of the molecule is O=CCC=Cc1ccc2[nH]nc(C(=O)O)c2c1. The van der Waals surface area contributed by atoms with Crippen molar-refractivity contribution in [2.75, 3.05) is 0 Å². The van der Waals surface area contributed by atoms with Crippen LogP contribution in [0, 0.1) is 0 Å². The van der Waals surface area contributed by atoms with E-state index in [2.05, 4.69) is 10.2 Å². The number of fused-ring (bicyclic) bond motifs is 1. The number of carbonyl (C=O) groups excluding carboxylic acids is 1. The zero-order chi connectivity index (χ0) is 12.3. The number of carboxylic acids is 1. The predicted octanol–water partition coefficient (Wildman–Crippen LogP) is 1.86. The summed E-state index contributed by atoms with van der Waals surface area (Å²) < 4.78 is 0. The van der Waals surface area contributed by atoms with Gasteiger partial charge in [0.25, 0.3) is 0 Å². The van der Waals surface area contributed by atoms with Gasteiger partial charge in [0.05, 0.1) is 5.52 Å². The van der Waals surface area contributed by atoms with Crippen LogP contribution in [0.1, 0.15) is 22.5 Å². The molecule has 0 saturated carbocycles. The molecule has 5 heteroatoms. The van der Waals surface area contributed by atoms with Crippen molar-refractivity contribution in [2.24, 2.45) is 0 Å². The minimum atomic E-state index is -1.06. The topological polar surface area (TPSA) is 83.0 Å². The van der Waals surface area contributed by atoms with Gasteiger partial charge in [0.15, 0.2) is 5.69 Å². The van der Waals surface area contributed by atoms with Crippen LogP contribution >= 0.6 is 0 Å². The molecule has 5 nitrogen and oxygen atoms in total. The molecule has 2 N–H and O–H groups in total. The second-order valence-electron chi connectivity index (χ2n) is 3.49. The van der Waals surface area contributed by atoms with Crippen molar-refractivity contribution in [1.82, 2.24) is 10.2 Å². The normalized spacial score (nSPS) is 11.1. The Morgan fingerprint density at radius 3 is 3.00 bits per heavy atom. The third-order valence-electron chi connectivity index (χ3n) is 2.33. The molecule has 1 aromatic heterocycles. The minimum Gasteiger partial charge on any atom is -0.476 e. The number of hydrogen-bond donors (Lipinski definition) is 2.